The smallest absolute Gasteiger partial charge is 0.326 e. The van der Waals surface area contributed by atoms with Gasteiger partial charge >= 0.3 is 12.0 Å². The normalized spacial score (nSPS) is 17.0. The molecule has 0 bridgehead atoms. The maximum atomic E-state index is 11.9. The van der Waals surface area contributed by atoms with Crippen LogP contribution in [0.25, 0.3) is 0 Å². The molecule has 114 valence electrons. The summed E-state index contributed by atoms with van der Waals surface area (Å²) in [6, 6.07) is 2.19. The number of carbonyl (C=O) groups excluding carboxylic acids is 1. The summed E-state index contributed by atoms with van der Waals surface area (Å²) in [5, 5.41) is 14.5. The molecule has 6 nitrogen and oxygen atoms in total. The topological polar surface area (TPSA) is 91.3 Å². The first-order valence-corrected chi connectivity index (χ1v) is 7.29. The van der Waals surface area contributed by atoms with E-state index in [1.165, 1.54) is 0 Å². The SMILES string of the molecule is Cc1ccc(NC(=O)NC(C(=O)O)C2CCCCC2)cn1. The molecule has 2 amide bonds. The fourth-order valence-corrected chi connectivity index (χ4v) is 2.70. The Kier molecular flexibility index (Phi) is 5.14. The van der Waals surface area contributed by atoms with Crippen molar-refractivity contribution in [1.29, 1.82) is 0 Å². The number of aromatic nitrogens is 1. The van der Waals surface area contributed by atoms with Gasteiger partial charge in [0.15, 0.2) is 0 Å². The van der Waals surface area contributed by atoms with Crippen molar-refractivity contribution in [3.63, 3.8) is 0 Å². The number of nitrogens with zero attached hydrogens (tertiary/aromatic N) is 1. The monoisotopic (exact) mass is 291 g/mol. The van der Waals surface area contributed by atoms with Crippen LogP contribution >= 0.6 is 0 Å². The highest BCUT2D eigenvalue weighted by Crippen LogP contribution is 2.26. The van der Waals surface area contributed by atoms with Crippen molar-refractivity contribution in [2.75, 3.05) is 5.32 Å². The van der Waals surface area contributed by atoms with Gasteiger partial charge < -0.3 is 15.7 Å². The summed E-state index contributed by atoms with van der Waals surface area (Å²) in [5.74, 6) is -0.961. The molecule has 21 heavy (non-hydrogen) atoms. The van der Waals surface area contributed by atoms with Crippen molar-refractivity contribution < 1.29 is 14.7 Å². The molecule has 0 spiro atoms. The Balaban J connectivity index is 1.94. The third-order valence-corrected chi connectivity index (χ3v) is 3.84. The quantitative estimate of drug-likeness (QED) is 0.795. The summed E-state index contributed by atoms with van der Waals surface area (Å²) >= 11 is 0. The minimum absolute atomic E-state index is 0.0122. The Bertz CT molecular complexity index is 495. The highest BCUT2D eigenvalue weighted by Gasteiger charge is 2.30. The second-order valence-corrected chi connectivity index (χ2v) is 5.50. The maximum absolute atomic E-state index is 11.9. The molecule has 1 atom stereocenters. The number of carbonyl (C=O) groups is 2. The van der Waals surface area contributed by atoms with E-state index in [9.17, 15) is 14.7 Å². The molecule has 1 saturated carbocycles. The largest absolute Gasteiger partial charge is 0.480 e. The van der Waals surface area contributed by atoms with Crippen molar-refractivity contribution in [2.24, 2.45) is 5.92 Å². The third-order valence-electron chi connectivity index (χ3n) is 3.84. The summed E-state index contributed by atoms with van der Waals surface area (Å²) in [4.78, 5) is 27.4. The molecule has 0 saturated heterocycles. The number of aliphatic carboxylic acids is 1. The summed E-state index contributed by atoms with van der Waals surface area (Å²) < 4.78 is 0. The van der Waals surface area contributed by atoms with Crippen LogP contribution in [0.1, 0.15) is 37.8 Å². The zero-order valence-corrected chi connectivity index (χ0v) is 12.1. The number of pyridine rings is 1. The van der Waals surface area contributed by atoms with Crippen LogP contribution in [0.2, 0.25) is 0 Å². The molecule has 1 aliphatic rings. The minimum atomic E-state index is -0.973. The highest BCUT2D eigenvalue weighted by atomic mass is 16.4. The van der Waals surface area contributed by atoms with Gasteiger partial charge in [0.05, 0.1) is 11.9 Å². The van der Waals surface area contributed by atoms with Gasteiger partial charge in [-0.25, -0.2) is 9.59 Å². The zero-order chi connectivity index (χ0) is 15.2. The van der Waals surface area contributed by atoms with E-state index in [1.54, 1.807) is 18.3 Å². The van der Waals surface area contributed by atoms with Crippen LogP contribution in [0.15, 0.2) is 18.3 Å². The molecule has 0 aromatic carbocycles. The summed E-state index contributed by atoms with van der Waals surface area (Å²) in [6.07, 6.45) is 6.45. The van der Waals surface area contributed by atoms with E-state index >= 15 is 0 Å². The molecule has 1 aromatic heterocycles. The number of hydrogen-bond donors (Lipinski definition) is 3. The molecule has 1 aromatic rings. The predicted octanol–water partition coefficient (Wildman–Crippen LogP) is 2.55. The van der Waals surface area contributed by atoms with Gasteiger partial charge in [0.2, 0.25) is 0 Å². The standard InChI is InChI=1S/C15H21N3O3/c1-10-7-8-12(9-16-10)17-15(21)18-13(14(19)20)11-5-3-2-4-6-11/h7-9,11,13H,2-6H2,1H3,(H,19,20)(H2,17,18,21). The highest BCUT2D eigenvalue weighted by molar-refractivity contribution is 5.92. The van der Waals surface area contributed by atoms with Crippen LogP contribution in [-0.2, 0) is 4.79 Å². The number of hydrogen-bond acceptors (Lipinski definition) is 3. The van der Waals surface area contributed by atoms with Crippen LogP contribution < -0.4 is 10.6 Å². The number of amides is 2. The van der Waals surface area contributed by atoms with Crippen molar-refractivity contribution in [3.8, 4) is 0 Å². The zero-order valence-electron chi connectivity index (χ0n) is 12.1. The summed E-state index contributed by atoms with van der Waals surface area (Å²) in [7, 11) is 0. The van der Waals surface area contributed by atoms with E-state index in [-0.39, 0.29) is 5.92 Å². The third kappa shape index (κ3) is 4.44. The number of aryl methyl sites for hydroxylation is 1. The van der Waals surface area contributed by atoms with Gasteiger partial charge in [0.25, 0.3) is 0 Å². The first-order chi connectivity index (χ1) is 10.1. The Morgan fingerprint density at radius 3 is 2.57 bits per heavy atom. The van der Waals surface area contributed by atoms with Gasteiger partial charge in [-0.15, -0.1) is 0 Å². The molecular weight excluding hydrogens is 270 g/mol. The molecule has 1 unspecified atom stereocenters. The van der Waals surface area contributed by atoms with Crippen molar-refractivity contribution >= 4 is 17.7 Å². The summed E-state index contributed by atoms with van der Waals surface area (Å²) in [5.41, 5.74) is 1.40. The molecule has 1 heterocycles. The number of rotatable bonds is 4. The average molecular weight is 291 g/mol. The van der Waals surface area contributed by atoms with Gasteiger partial charge in [0.1, 0.15) is 6.04 Å². The lowest BCUT2D eigenvalue weighted by Gasteiger charge is -2.28. The molecule has 3 N–H and O–H groups in total. The van der Waals surface area contributed by atoms with Crippen LogP contribution in [0.3, 0.4) is 0 Å². The van der Waals surface area contributed by atoms with Crippen molar-refractivity contribution in [3.05, 3.63) is 24.0 Å². The fourth-order valence-electron chi connectivity index (χ4n) is 2.70. The number of nitrogens with one attached hydrogen (secondary N) is 2. The Morgan fingerprint density at radius 1 is 1.29 bits per heavy atom. The van der Waals surface area contributed by atoms with Gasteiger partial charge in [-0.3, -0.25) is 4.98 Å². The number of carboxylic acid groups (broad SMARTS) is 1. The fraction of sp³-hybridized carbons (Fsp3) is 0.533. The van der Waals surface area contributed by atoms with Gasteiger partial charge in [-0.05, 0) is 37.8 Å². The molecule has 2 rings (SSSR count). The van der Waals surface area contributed by atoms with Gasteiger partial charge in [-0.2, -0.15) is 0 Å². The van der Waals surface area contributed by atoms with Crippen LogP contribution in [0.4, 0.5) is 10.5 Å². The number of urea groups is 1. The van der Waals surface area contributed by atoms with Crippen LogP contribution in [-0.4, -0.2) is 28.1 Å². The van der Waals surface area contributed by atoms with Gasteiger partial charge in [0, 0.05) is 5.69 Å². The van der Waals surface area contributed by atoms with E-state index < -0.39 is 18.0 Å². The second kappa shape index (κ2) is 7.06. The Hall–Kier alpha value is -2.11. The summed E-state index contributed by atoms with van der Waals surface area (Å²) in [6.45, 7) is 1.85. The maximum Gasteiger partial charge on any atom is 0.326 e. The molecular formula is C15H21N3O3. The van der Waals surface area contributed by atoms with Crippen molar-refractivity contribution in [2.45, 2.75) is 45.1 Å². The average Bonchev–Trinajstić information content (AvgIpc) is 2.48. The lowest BCUT2D eigenvalue weighted by Crippen LogP contribution is -2.48. The van der Waals surface area contributed by atoms with Gasteiger partial charge in [-0.1, -0.05) is 19.3 Å². The second-order valence-electron chi connectivity index (χ2n) is 5.50. The Morgan fingerprint density at radius 2 is 2.00 bits per heavy atom. The van der Waals surface area contributed by atoms with E-state index in [2.05, 4.69) is 15.6 Å². The minimum Gasteiger partial charge on any atom is -0.480 e. The van der Waals surface area contributed by atoms with Crippen LogP contribution in [0, 0.1) is 12.8 Å². The molecule has 1 aliphatic carbocycles. The van der Waals surface area contributed by atoms with E-state index in [4.69, 9.17) is 0 Å². The number of anilines is 1. The predicted molar refractivity (Wildman–Crippen MR) is 79.1 cm³/mol. The van der Waals surface area contributed by atoms with Crippen LogP contribution in [0.5, 0.6) is 0 Å². The van der Waals surface area contributed by atoms with E-state index in [1.807, 2.05) is 6.92 Å². The first-order valence-electron chi connectivity index (χ1n) is 7.29. The Labute approximate surface area is 124 Å². The van der Waals surface area contributed by atoms with Crippen molar-refractivity contribution in [1.82, 2.24) is 10.3 Å². The molecule has 0 radical (unpaired) electrons. The van der Waals surface area contributed by atoms with E-state index in [0.717, 1.165) is 37.8 Å². The molecule has 1 fully saturated rings. The lowest BCUT2D eigenvalue weighted by molar-refractivity contribution is -0.141. The lowest BCUT2D eigenvalue weighted by atomic mass is 9.84. The first kappa shape index (κ1) is 15.3. The number of carboxylic acids is 1. The molecule has 0 aliphatic heterocycles. The van der Waals surface area contributed by atoms with E-state index in [0.29, 0.717) is 5.69 Å². The molecule has 6 heteroatoms.